The Morgan fingerprint density at radius 1 is 1.03 bits per heavy atom. The van der Waals surface area contributed by atoms with Gasteiger partial charge in [-0.15, -0.1) is 0 Å². The van der Waals surface area contributed by atoms with Gasteiger partial charge in [0.1, 0.15) is 12.3 Å². The lowest BCUT2D eigenvalue weighted by molar-refractivity contribution is -0.141. The van der Waals surface area contributed by atoms with Gasteiger partial charge in [-0.2, -0.15) is 0 Å². The molecule has 7 nitrogen and oxygen atoms in total. The highest BCUT2D eigenvalue weighted by Crippen LogP contribution is 2.22. The molecule has 1 aromatic heterocycles. The number of ether oxygens (including phenoxy) is 2. The van der Waals surface area contributed by atoms with E-state index in [9.17, 15) is 14.4 Å². The van der Waals surface area contributed by atoms with Crippen LogP contribution in [0.5, 0.6) is 5.75 Å². The number of aromatic amines is 1. The quantitative estimate of drug-likeness (QED) is 0.452. The number of aromatic nitrogens is 1. The van der Waals surface area contributed by atoms with E-state index in [2.05, 4.69) is 10.3 Å². The first-order valence-corrected chi connectivity index (χ1v) is 9.27. The maximum Gasteiger partial charge on any atom is 0.325 e. The Morgan fingerprint density at radius 3 is 2.55 bits per heavy atom. The van der Waals surface area contributed by atoms with Crippen molar-refractivity contribution < 1.29 is 23.9 Å². The van der Waals surface area contributed by atoms with Crippen LogP contribution in [-0.2, 0) is 9.53 Å². The van der Waals surface area contributed by atoms with Crippen LogP contribution in [0.15, 0.2) is 48.5 Å². The Bertz CT molecular complexity index is 1050. The second-order valence-electron chi connectivity index (χ2n) is 6.37. The van der Waals surface area contributed by atoms with E-state index < -0.39 is 18.5 Å². The topological polar surface area (TPSA) is 97.5 Å². The molecule has 0 saturated carbocycles. The van der Waals surface area contributed by atoms with Crippen molar-refractivity contribution >= 4 is 28.6 Å². The molecule has 0 aliphatic heterocycles. The monoisotopic (exact) mass is 394 g/mol. The third kappa shape index (κ3) is 4.63. The smallest absolute Gasteiger partial charge is 0.325 e. The van der Waals surface area contributed by atoms with Crippen molar-refractivity contribution in [3.8, 4) is 5.75 Å². The average Bonchev–Trinajstić information content (AvgIpc) is 3.06. The fourth-order valence-corrected chi connectivity index (χ4v) is 3.09. The van der Waals surface area contributed by atoms with E-state index in [0.717, 1.165) is 10.9 Å². The SMILES string of the molecule is CCOc1ccccc1C(=O)NCC(=O)OCC(=O)c1c(C)[nH]c2ccccc12. The maximum atomic E-state index is 12.5. The Kier molecular flexibility index (Phi) is 6.29. The first-order valence-electron chi connectivity index (χ1n) is 9.27. The highest BCUT2D eigenvalue weighted by Gasteiger charge is 2.18. The van der Waals surface area contributed by atoms with Gasteiger partial charge >= 0.3 is 5.97 Å². The summed E-state index contributed by atoms with van der Waals surface area (Å²) < 4.78 is 10.5. The lowest BCUT2D eigenvalue weighted by atomic mass is 10.1. The molecule has 0 unspecified atom stereocenters. The number of carbonyl (C=O) groups is 3. The second-order valence-corrected chi connectivity index (χ2v) is 6.37. The summed E-state index contributed by atoms with van der Waals surface area (Å²) in [6.45, 7) is 3.29. The number of ketones is 1. The molecule has 7 heteroatoms. The lowest BCUT2D eigenvalue weighted by Crippen LogP contribution is -2.31. The molecule has 0 fully saturated rings. The third-order valence-electron chi connectivity index (χ3n) is 4.36. The Morgan fingerprint density at radius 2 is 1.76 bits per heavy atom. The third-order valence-corrected chi connectivity index (χ3v) is 4.36. The predicted octanol–water partition coefficient (Wildman–Crippen LogP) is 3.03. The number of fused-ring (bicyclic) bond motifs is 1. The van der Waals surface area contributed by atoms with Crippen molar-refractivity contribution in [3.63, 3.8) is 0 Å². The number of rotatable bonds is 8. The number of para-hydroxylation sites is 2. The van der Waals surface area contributed by atoms with Crippen molar-refractivity contribution in [3.05, 3.63) is 65.4 Å². The molecular formula is C22H22N2O5. The van der Waals surface area contributed by atoms with Crippen LogP contribution in [0.1, 0.15) is 33.3 Å². The molecule has 0 spiro atoms. The molecular weight excluding hydrogens is 372 g/mol. The Labute approximate surface area is 168 Å². The molecule has 2 N–H and O–H groups in total. The van der Waals surface area contributed by atoms with Gasteiger partial charge in [0.2, 0.25) is 5.78 Å². The molecule has 0 saturated heterocycles. The van der Waals surface area contributed by atoms with Crippen molar-refractivity contribution in [2.45, 2.75) is 13.8 Å². The minimum atomic E-state index is -0.696. The molecule has 3 aromatic rings. The minimum absolute atomic E-state index is 0.304. The second kappa shape index (κ2) is 9.05. The first kappa shape index (κ1) is 20.1. The molecule has 0 aliphatic carbocycles. The number of hydrogen-bond acceptors (Lipinski definition) is 5. The van der Waals surface area contributed by atoms with E-state index in [-0.39, 0.29) is 12.3 Å². The van der Waals surface area contributed by atoms with Crippen molar-refractivity contribution in [1.29, 1.82) is 0 Å². The van der Waals surface area contributed by atoms with E-state index in [1.807, 2.05) is 31.2 Å². The molecule has 0 aliphatic rings. The number of carbonyl (C=O) groups excluding carboxylic acids is 3. The van der Waals surface area contributed by atoms with E-state index in [0.29, 0.717) is 29.2 Å². The average molecular weight is 394 g/mol. The van der Waals surface area contributed by atoms with Gasteiger partial charge in [-0.25, -0.2) is 0 Å². The van der Waals surface area contributed by atoms with Crippen molar-refractivity contribution in [1.82, 2.24) is 10.3 Å². The van der Waals surface area contributed by atoms with Gasteiger partial charge < -0.3 is 19.8 Å². The molecule has 0 atom stereocenters. The highest BCUT2D eigenvalue weighted by molar-refractivity contribution is 6.10. The van der Waals surface area contributed by atoms with Crippen LogP contribution in [0.4, 0.5) is 0 Å². The summed E-state index contributed by atoms with van der Waals surface area (Å²) in [6, 6.07) is 14.2. The normalized spacial score (nSPS) is 10.6. The first-order chi connectivity index (χ1) is 14.0. The van der Waals surface area contributed by atoms with Gasteiger partial charge in [-0.1, -0.05) is 30.3 Å². The van der Waals surface area contributed by atoms with Gasteiger partial charge in [-0.05, 0) is 32.0 Å². The number of aryl methyl sites for hydroxylation is 1. The highest BCUT2D eigenvalue weighted by atomic mass is 16.5. The summed E-state index contributed by atoms with van der Waals surface area (Å²) >= 11 is 0. The maximum absolute atomic E-state index is 12.5. The van der Waals surface area contributed by atoms with Gasteiger partial charge in [0.25, 0.3) is 5.91 Å². The van der Waals surface area contributed by atoms with Gasteiger partial charge in [0.05, 0.1) is 12.2 Å². The van der Waals surface area contributed by atoms with E-state index in [1.54, 1.807) is 31.2 Å². The summed E-state index contributed by atoms with van der Waals surface area (Å²) in [5, 5.41) is 3.27. The fraction of sp³-hybridized carbons (Fsp3) is 0.227. The van der Waals surface area contributed by atoms with Crippen LogP contribution < -0.4 is 10.1 Å². The zero-order valence-corrected chi connectivity index (χ0v) is 16.3. The van der Waals surface area contributed by atoms with Gasteiger partial charge in [0, 0.05) is 22.2 Å². The molecule has 3 rings (SSSR count). The summed E-state index contributed by atoms with van der Waals surface area (Å²) in [4.78, 5) is 39.9. The molecule has 150 valence electrons. The van der Waals surface area contributed by atoms with Crippen LogP contribution in [0, 0.1) is 6.92 Å². The van der Waals surface area contributed by atoms with E-state index in [4.69, 9.17) is 9.47 Å². The number of nitrogens with one attached hydrogen (secondary N) is 2. The number of esters is 1. The van der Waals surface area contributed by atoms with Crippen molar-refractivity contribution in [2.24, 2.45) is 0 Å². The van der Waals surface area contributed by atoms with Crippen LogP contribution in [0.3, 0.4) is 0 Å². The molecule has 1 heterocycles. The summed E-state index contributed by atoms with van der Waals surface area (Å²) in [6.07, 6.45) is 0. The lowest BCUT2D eigenvalue weighted by Gasteiger charge is -2.10. The Balaban J connectivity index is 1.55. The van der Waals surface area contributed by atoms with Gasteiger partial charge in [-0.3, -0.25) is 14.4 Å². The van der Waals surface area contributed by atoms with Crippen LogP contribution in [-0.4, -0.2) is 42.4 Å². The molecule has 0 radical (unpaired) electrons. The van der Waals surface area contributed by atoms with E-state index in [1.165, 1.54) is 0 Å². The van der Waals surface area contributed by atoms with E-state index >= 15 is 0 Å². The molecule has 1 amide bonds. The fourth-order valence-electron chi connectivity index (χ4n) is 3.09. The number of amides is 1. The van der Waals surface area contributed by atoms with Crippen LogP contribution in [0.25, 0.3) is 10.9 Å². The Hall–Kier alpha value is -3.61. The number of H-pyrrole nitrogens is 1. The summed E-state index contributed by atoms with van der Waals surface area (Å²) in [5.41, 5.74) is 2.39. The van der Waals surface area contributed by atoms with Gasteiger partial charge in [0.15, 0.2) is 6.61 Å². The summed E-state index contributed by atoms with van der Waals surface area (Å²) in [5.74, 6) is -1.02. The number of Topliss-reactive ketones (excluding diaryl/α,β-unsaturated/α-hetero) is 1. The molecule has 0 bridgehead atoms. The number of benzene rings is 2. The van der Waals surface area contributed by atoms with Crippen LogP contribution >= 0.6 is 0 Å². The van der Waals surface area contributed by atoms with Crippen LogP contribution in [0.2, 0.25) is 0 Å². The largest absolute Gasteiger partial charge is 0.493 e. The molecule has 29 heavy (non-hydrogen) atoms. The predicted molar refractivity (Wildman–Crippen MR) is 108 cm³/mol. The number of hydrogen-bond donors (Lipinski definition) is 2. The minimum Gasteiger partial charge on any atom is -0.493 e. The zero-order chi connectivity index (χ0) is 20.8. The zero-order valence-electron chi connectivity index (χ0n) is 16.3. The summed E-state index contributed by atoms with van der Waals surface area (Å²) in [7, 11) is 0. The standard InChI is InChI=1S/C22H22N2O5/c1-3-28-19-11-7-5-9-16(19)22(27)23-12-20(26)29-13-18(25)21-14(2)24-17-10-6-4-8-15(17)21/h4-11,24H,3,12-13H2,1-2H3,(H,23,27). The molecule has 2 aromatic carbocycles. The van der Waals surface area contributed by atoms with Crippen molar-refractivity contribution in [2.75, 3.05) is 19.8 Å².